The van der Waals surface area contributed by atoms with E-state index in [4.69, 9.17) is 0 Å². The van der Waals surface area contributed by atoms with E-state index in [0.29, 0.717) is 23.0 Å². The SMILES string of the molecule is Cc1nc(NC(=O)c2ccc(CN3C=CN(C)C=C3)cc2)ccc1Nc1nccc(-c2cccnc2)n1. The Hall–Kier alpha value is -5.05. The third-order valence-corrected chi connectivity index (χ3v) is 5.75. The molecule has 0 fully saturated rings. The fourth-order valence-corrected chi connectivity index (χ4v) is 3.72. The predicted molar refractivity (Wildman–Crippen MR) is 144 cm³/mol. The summed E-state index contributed by atoms with van der Waals surface area (Å²) in [5.74, 6) is 0.701. The number of carbonyl (C=O) groups is 1. The van der Waals surface area contributed by atoms with Crippen LogP contribution < -0.4 is 10.6 Å². The van der Waals surface area contributed by atoms with E-state index in [1.165, 1.54) is 0 Å². The van der Waals surface area contributed by atoms with Crippen LogP contribution in [0.4, 0.5) is 17.5 Å². The Morgan fingerprint density at radius 2 is 1.73 bits per heavy atom. The molecule has 1 aromatic carbocycles. The number of carbonyl (C=O) groups excluding carboxylic acids is 1. The van der Waals surface area contributed by atoms with E-state index >= 15 is 0 Å². The van der Waals surface area contributed by atoms with Crippen LogP contribution in [0.2, 0.25) is 0 Å². The quantitative estimate of drug-likeness (QED) is 0.376. The van der Waals surface area contributed by atoms with Crippen LogP contribution in [0.5, 0.6) is 0 Å². The highest BCUT2D eigenvalue weighted by atomic mass is 16.1. The van der Waals surface area contributed by atoms with E-state index in [9.17, 15) is 4.79 Å². The fraction of sp³-hybridized carbons (Fsp3) is 0.107. The number of anilines is 3. The highest BCUT2D eigenvalue weighted by molar-refractivity contribution is 6.03. The normalized spacial score (nSPS) is 12.5. The first-order chi connectivity index (χ1) is 18.0. The van der Waals surface area contributed by atoms with E-state index in [2.05, 4.69) is 35.5 Å². The molecule has 0 aliphatic carbocycles. The van der Waals surface area contributed by atoms with Crippen LogP contribution in [-0.4, -0.2) is 42.7 Å². The molecule has 5 rings (SSSR count). The van der Waals surface area contributed by atoms with E-state index in [1.807, 2.05) is 92.2 Å². The maximum absolute atomic E-state index is 12.8. The first kappa shape index (κ1) is 23.7. The van der Waals surface area contributed by atoms with Crippen LogP contribution in [0.1, 0.15) is 21.6 Å². The highest BCUT2D eigenvalue weighted by Gasteiger charge is 2.11. The van der Waals surface area contributed by atoms with Crippen molar-refractivity contribution in [2.45, 2.75) is 13.5 Å². The Bertz CT molecular complexity index is 1440. The average Bonchev–Trinajstić information content (AvgIpc) is 2.92. The van der Waals surface area contributed by atoms with Crippen molar-refractivity contribution in [1.82, 2.24) is 29.7 Å². The van der Waals surface area contributed by atoms with Gasteiger partial charge in [0.25, 0.3) is 5.91 Å². The van der Waals surface area contributed by atoms with Crippen molar-refractivity contribution >= 4 is 23.4 Å². The number of pyridine rings is 2. The van der Waals surface area contributed by atoms with Crippen molar-refractivity contribution in [2.75, 3.05) is 17.7 Å². The summed E-state index contributed by atoms with van der Waals surface area (Å²) in [6.45, 7) is 2.59. The van der Waals surface area contributed by atoms with Crippen LogP contribution in [0.3, 0.4) is 0 Å². The fourth-order valence-electron chi connectivity index (χ4n) is 3.72. The zero-order valence-electron chi connectivity index (χ0n) is 20.5. The van der Waals surface area contributed by atoms with Crippen molar-refractivity contribution in [2.24, 2.45) is 0 Å². The van der Waals surface area contributed by atoms with Gasteiger partial charge >= 0.3 is 0 Å². The van der Waals surface area contributed by atoms with Crippen LogP contribution >= 0.6 is 0 Å². The summed E-state index contributed by atoms with van der Waals surface area (Å²) in [5.41, 5.74) is 4.80. The second-order valence-corrected chi connectivity index (χ2v) is 8.55. The maximum Gasteiger partial charge on any atom is 0.256 e. The second kappa shape index (κ2) is 10.7. The molecule has 0 radical (unpaired) electrons. The molecule has 0 saturated heterocycles. The highest BCUT2D eigenvalue weighted by Crippen LogP contribution is 2.22. The Morgan fingerprint density at radius 3 is 2.46 bits per heavy atom. The van der Waals surface area contributed by atoms with Gasteiger partial charge in [-0.15, -0.1) is 0 Å². The molecule has 1 aliphatic heterocycles. The van der Waals surface area contributed by atoms with Gasteiger partial charge in [0.1, 0.15) is 5.82 Å². The summed E-state index contributed by atoms with van der Waals surface area (Å²) in [4.78, 5) is 34.4. The number of hydrogen-bond acceptors (Lipinski definition) is 8. The number of aryl methyl sites for hydroxylation is 1. The van der Waals surface area contributed by atoms with Gasteiger partial charge in [0.05, 0.1) is 17.1 Å². The maximum atomic E-state index is 12.8. The Balaban J connectivity index is 1.21. The molecule has 9 heteroatoms. The molecule has 0 atom stereocenters. The molecule has 1 amide bonds. The van der Waals surface area contributed by atoms with Crippen LogP contribution in [-0.2, 0) is 6.54 Å². The van der Waals surface area contributed by atoms with Gasteiger partial charge in [-0.1, -0.05) is 12.1 Å². The predicted octanol–water partition coefficient (Wildman–Crippen LogP) is 4.93. The number of hydrogen-bond donors (Lipinski definition) is 2. The molecular formula is C28H26N8O. The van der Waals surface area contributed by atoms with Gasteiger partial charge < -0.3 is 20.4 Å². The van der Waals surface area contributed by atoms with Gasteiger partial charge in [-0.25, -0.2) is 15.0 Å². The van der Waals surface area contributed by atoms with E-state index in [1.54, 1.807) is 24.7 Å². The number of amides is 1. The smallest absolute Gasteiger partial charge is 0.256 e. The van der Waals surface area contributed by atoms with E-state index in [-0.39, 0.29) is 5.91 Å². The van der Waals surface area contributed by atoms with E-state index in [0.717, 1.165) is 29.1 Å². The van der Waals surface area contributed by atoms with Gasteiger partial charge in [-0.3, -0.25) is 9.78 Å². The van der Waals surface area contributed by atoms with E-state index < -0.39 is 0 Å². The van der Waals surface area contributed by atoms with Gasteiger partial charge in [-0.05, 0) is 55.0 Å². The Kier molecular flexibility index (Phi) is 6.84. The molecule has 0 saturated carbocycles. The van der Waals surface area contributed by atoms with Crippen molar-refractivity contribution < 1.29 is 4.79 Å². The largest absolute Gasteiger partial charge is 0.354 e. The van der Waals surface area contributed by atoms with Crippen LogP contribution in [0, 0.1) is 6.92 Å². The minimum atomic E-state index is -0.217. The first-order valence-corrected chi connectivity index (χ1v) is 11.8. The molecule has 1 aliphatic rings. The third kappa shape index (κ3) is 5.96. The lowest BCUT2D eigenvalue weighted by Crippen LogP contribution is -2.17. The molecular weight excluding hydrogens is 464 g/mol. The molecule has 0 spiro atoms. The van der Waals surface area contributed by atoms with Crippen molar-refractivity contribution in [1.29, 1.82) is 0 Å². The van der Waals surface area contributed by atoms with Crippen LogP contribution in [0.25, 0.3) is 11.3 Å². The summed E-state index contributed by atoms with van der Waals surface area (Å²) >= 11 is 0. The number of benzene rings is 1. The number of aromatic nitrogens is 4. The monoisotopic (exact) mass is 490 g/mol. The molecule has 3 aromatic heterocycles. The van der Waals surface area contributed by atoms with Crippen LogP contribution in [0.15, 0.2) is 98.0 Å². The summed E-state index contributed by atoms with van der Waals surface area (Å²) in [7, 11) is 1.98. The molecule has 4 aromatic rings. The van der Waals surface area contributed by atoms with Crippen molar-refractivity contribution in [3.05, 3.63) is 115 Å². The number of nitrogens with one attached hydrogen (secondary N) is 2. The lowest BCUT2D eigenvalue weighted by Gasteiger charge is -2.22. The topological polar surface area (TPSA) is 99.2 Å². The zero-order valence-corrected chi connectivity index (χ0v) is 20.5. The minimum Gasteiger partial charge on any atom is -0.354 e. The van der Waals surface area contributed by atoms with Gasteiger partial charge in [0.2, 0.25) is 5.95 Å². The molecule has 2 N–H and O–H groups in total. The number of rotatable bonds is 7. The molecule has 0 bridgehead atoms. The lowest BCUT2D eigenvalue weighted by atomic mass is 10.1. The van der Waals surface area contributed by atoms with Gasteiger partial charge in [0, 0.05) is 68.1 Å². The standard InChI is InChI=1S/C28H26N8O/c1-20-24(32-28-30-13-11-25(33-28)23-4-3-12-29-18-23)9-10-26(31-20)34-27(37)22-7-5-21(6-8-22)19-36-16-14-35(2)15-17-36/h3-18H,19H2,1-2H3,(H,30,32,33)(H,31,34,37). The summed E-state index contributed by atoms with van der Waals surface area (Å²) in [6, 6.07) is 16.8. The molecule has 184 valence electrons. The third-order valence-electron chi connectivity index (χ3n) is 5.75. The molecule has 0 unspecified atom stereocenters. The van der Waals surface area contributed by atoms with Gasteiger partial charge in [0.15, 0.2) is 0 Å². The summed E-state index contributed by atoms with van der Waals surface area (Å²) in [5, 5.41) is 6.07. The Morgan fingerprint density at radius 1 is 0.919 bits per heavy atom. The minimum absolute atomic E-state index is 0.217. The average molecular weight is 491 g/mol. The second-order valence-electron chi connectivity index (χ2n) is 8.55. The van der Waals surface area contributed by atoms with Gasteiger partial charge in [-0.2, -0.15) is 0 Å². The Labute approximate surface area is 215 Å². The molecule has 9 nitrogen and oxygen atoms in total. The molecule has 4 heterocycles. The molecule has 37 heavy (non-hydrogen) atoms. The number of nitrogens with zero attached hydrogens (tertiary/aromatic N) is 6. The first-order valence-electron chi connectivity index (χ1n) is 11.8. The van der Waals surface area contributed by atoms with Crippen molar-refractivity contribution in [3.8, 4) is 11.3 Å². The summed E-state index contributed by atoms with van der Waals surface area (Å²) < 4.78 is 0. The van der Waals surface area contributed by atoms with Crippen molar-refractivity contribution in [3.63, 3.8) is 0 Å². The zero-order chi connectivity index (χ0) is 25.6. The summed E-state index contributed by atoms with van der Waals surface area (Å²) in [6.07, 6.45) is 13.2. The lowest BCUT2D eigenvalue weighted by molar-refractivity contribution is 0.102.